The van der Waals surface area contributed by atoms with Crippen molar-refractivity contribution in [1.82, 2.24) is 20.4 Å². The fourth-order valence-electron chi connectivity index (χ4n) is 2.74. The van der Waals surface area contributed by atoms with E-state index in [9.17, 15) is 14.4 Å². The van der Waals surface area contributed by atoms with Crippen molar-refractivity contribution >= 4 is 35.6 Å². The fourth-order valence-corrected chi connectivity index (χ4v) is 3.04. The monoisotopic (exact) mass is 456 g/mol. The summed E-state index contributed by atoms with van der Waals surface area (Å²) in [7, 11) is 0. The van der Waals surface area contributed by atoms with E-state index in [1.54, 1.807) is 23.7 Å². The molecule has 2 aromatic heterocycles. The third-order valence-electron chi connectivity index (χ3n) is 4.27. The molecule has 0 bridgehead atoms. The van der Waals surface area contributed by atoms with E-state index in [-0.39, 0.29) is 6.54 Å². The number of nitrogens with zero attached hydrogens (tertiary/aromatic N) is 2. The van der Waals surface area contributed by atoms with Crippen LogP contribution in [0, 0.1) is 6.92 Å². The van der Waals surface area contributed by atoms with Crippen LogP contribution in [0.3, 0.4) is 0 Å². The lowest BCUT2D eigenvalue weighted by Crippen LogP contribution is -2.41. The van der Waals surface area contributed by atoms with Gasteiger partial charge in [0.1, 0.15) is 10.9 Å². The van der Waals surface area contributed by atoms with E-state index < -0.39 is 24.5 Å². The molecule has 166 valence electrons. The number of hydrogen-bond donors (Lipinski definition) is 2. The molecule has 10 heteroatoms. The third kappa shape index (κ3) is 6.58. The van der Waals surface area contributed by atoms with Crippen molar-refractivity contribution in [3.05, 3.63) is 82.5 Å². The fraction of sp³-hybridized carbons (Fsp3) is 0.182. The Bertz CT molecular complexity index is 1110. The van der Waals surface area contributed by atoms with Gasteiger partial charge in [-0.25, -0.2) is 14.3 Å². The van der Waals surface area contributed by atoms with Crippen LogP contribution < -0.4 is 10.6 Å². The molecule has 0 fully saturated rings. The average Bonchev–Trinajstić information content (AvgIpc) is 3.38. The van der Waals surface area contributed by atoms with Crippen molar-refractivity contribution in [3.8, 4) is 0 Å². The highest BCUT2D eigenvalue weighted by Gasteiger charge is 2.13. The third-order valence-corrected chi connectivity index (χ3v) is 4.67. The number of urea groups is 1. The number of aryl methyl sites for hydroxylation is 1. The Labute approximate surface area is 189 Å². The van der Waals surface area contributed by atoms with Gasteiger partial charge >= 0.3 is 12.0 Å². The SMILES string of the molecule is Cc1nn(Cc2ccccc2)c(Cl)c1/C=C/C(=O)OCC(=O)NC(=O)NCc1ccco1. The molecule has 2 heterocycles. The van der Waals surface area contributed by atoms with Crippen LogP contribution in [-0.2, 0) is 27.4 Å². The first kappa shape index (κ1) is 22.8. The van der Waals surface area contributed by atoms with E-state index in [2.05, 4.69) is 10.4 Å². The number of amides is 3. The van der Waals surface area contributed by atoms with Crippen molar-refractivity contribution in [1.29, 1.82) is 0 Å². The molecule has 0 saturated carbocycles. The van der Waals surface area contributed by atoms with Crippen LogP contribution in [0.4, 0.5) is 4.79 Å². The second-order valence-electron chi connectivity index (χ2n) is 6.68. The predicted octanol–water partition coefficient (Wildman–Crippen LogP) is 3.07. The summed E-state index contributed by atoms with van der Waals surface area (Å²) in [4.78, 5) is 35.3. The predicted molar refractivity (Wildman–Crippen MR) is 117 cm³/mol. The quantitative estimate of drug-likeness (QED) is 0.397. The van der Waals surface area contributed by atoms with Gasteiger partial charge in [-0.05, 0) is 30.7 Å². The van der Waals surface area contributed by atoms with E-state index in [1.165, 1.54) is 12.3 Å². The number of esters is 1. The minimum absolute atomic E-state index is 0.118. The smallest absolute Gasteiger partial charge is 0.331 e. The van der Waals surface area contributed by atoms with Gasteiger partial charge in [-0.2, -0.15) is 5.10 Å². The van der Waals surface area contributed by atoms with Crippen LogP contribution in [0.2, 0.25) is 5.15 Å². The van der Waals surface area contributed by atoms with E-state index in [0.717, 1.165) is 11.6 Å². The molecule has 1 aromatic carbocycles. The molecule has 2 N–H and O–H groups in total. The number of benzene rings is 1. The van der Waals surface area contributed by atoms with Crippen LogP contribution in [0.5, 0.6) is 0 Å². The second-order valence-corrected chi connectivity index (χ2v) is 7.04. The van der Waals surface area contributed by atoms with Gasteiger partial charge in [0.2, 0.25) is 0 Å². The lowest BCUT2D eigenvalue weighted by atomic mass is 10.2. The van der Waals surface area contributed by atoms with Gasteiger partial charge in [0.25, 0.3) is 5.91 Å². The summed E-state index contributed by atoms with van der Waals surface area (Å²) in [6, 6.07) is 12.3. The molecule has 0 radical (unpaired) electrons. The van der Waals surface area contributed by atoms with Gasteiger partial charge in [0, 0.05) is 11.6 Å². The van der Waals surface area contributed by atoms with Crippen LogP contribution in [0.1, 0.15) is 22.6 Å². The Morgan fingerprint density at radius 1 is 1.19 bits per heavy atom. The molecular formula is C22H21ClN4O5. The number of imide groups is 1. The topological polar surface area (TPSA) is 115 Å². The van der Waals surface area contributed by atoms with Crippen molar-refractivity contribution in [3.63, 3.8) is 0 Å². The molecule has 3 aromatic rings. The zero-order chi connectivity index (χ0) is 22.9. The highest BCUT2D eigenvalue weighted by Crippen LogP contribution is 2.22. The molecular weight excluding hydrogens is 436 g/mol. The first-order chi connectivity index (χ1) is 15.4. The average molecular weight is 457 g/mol. The highest BCUT2D eigenvalue weighted by molar-refractivity contribution is 6.31. The molecule has 0 aliphatic rings. The standard InChI is InChI=1S/C22H21ClN4O5/c1-15-18(21(23)27(26-15)13-16-6-3-2-4-7-16)9-10-20(29)32-14-19(28)25-22(30)24-12-17-8-5-11-31-17/h2-11H,12-14H2,1H3,(H2,24,25,28,30)/b10-9+. The number of nitrogens with one attached hydrogen (secondary N) is 2. The Morgan fingerprint density at radius 2 is 1.97 bits per heavy atom. The molecule has 32 heavy (non-hydrogen) atoms. The molecule has 0 aliphatic carbocycles. The number of ether oxygens (including phenoxy) is 1. The molecule has 0 atom stereocenters. The maximum absolute atomic E-state index is 11.9. The van der Waals surface area contributed by atoms with Gasteiger partial charge in [-0.15, -0.1) is 0 Å². The van der Waals surface area contributed by atoms with E-state index in [0.29, 0.717) is 28.7 Å². The second kappa shape index (κ2) is 11.0. The van der Waals surface area contributed by atoms with Gasteiger partial charge < -0.3 is 14.5 Å². The number of rotatable bonds is 8. The van der Waals surface area contributed by atoms with Gasteiger partial charge in [0.05, 0.1) is 25.0 Å². The van der Waals surface area contributed by atoms with Crippen molar-refractivity contribution in [2.75, 3.05) is 6.61 Å². The number of furan rings is 1. The van der Waals surface area contributed by atoms with E-state index in [1.807, 2.05) is 35.6 Å². The first-order valence-electron chi connectivity index (χ1n) is 9.64. The van der Waals surface area contributed by atoms with Crippen molar-refractivity contribution in [2.24, 2.45) is 0 Å². The molecule has 3 rings (SSSR count). The Balaban J connectivity index is 1.46. The Morgan fingerprint density at radius 3 is 2.69 bits per heavy atom. The first-order valence-corrected chi connectivity index (χ1v) is 10.0. The molecule has 0 saturated heterocycles. The minimum Gasteiger partial charge on any atom is -0.467 e. The number of carbonyl (C=O) groups is 3. The summed E-state index contributed by atoms with van der Waals surface area (Å²) in [5.74, 6) is -0.999. The lowest BCUT2D eigenvalue weighted by Gasteiger charge is -2.05. The zero-order valence-corrected chi connectivity index (χ0v) is 18.0. The molecule has 3 amide bonds. The summed E-state index contributed by atoms with van der Waals surface area (Å²) < 4.78 is 11.5. The highest BCUT2D eigenvalue weighted by atomic mass is 35.5. The minimum atomic E-state index is -0.770. The largest absolute Gasteiger partial charge is 0.467 e. The maximum Gasteiger partial charge on any atom is 0.331 e. The van der Waals surface area contributed by atoms with Crippen molar-refractivity contribution < 1.29 is 23.5 Å². The number of halogens is 1. The number of hydrogen-bond acceptors (Lipinski definition) is 6. The zero-order valence-electron chi connectivity index (χ0n) is 17.2. The summed E-state index contributed by atoms with van der Waals surface area (Å²) >= 11 is 6.40. The van der Waals surface area contributed by atoms with Crippen LogP contribution in [0.15, 0.2) is 59.2 Å². The molecule has 0 unspecified atom stereocenters. The van der Waals surface area contributed by atoms with E-state index in [4.69, 9.17) is 20.8 Å². The Kier molecular flexibility index (Phi) is 7.82. The van der Waals surface area contributed by atoms with E-state index >= 15 is 0 Å². The molecule has 0 aliphatic heterocycles. The van der Waals surface area contributed by atoms with Gasteiger partial charge in [-0.3, -0.25) is 10.1 Å². The van der Waals surface area contributed by atoms with Crippen molar-refractivity contribution in [2.45, 2.75) is 20.0 Å². The summed E-state index contributed by atoms with van der Waals surface area (Å²) in [6.07, 6.45) is 4.09. The van der Waals surface area contributed by atoms with Crippen LogP contribution in [-0.4, -0.2) is 34.3 Å². The lowest BCUT2D eigenvalue weighted by molar-refractivity contribution is -0.143. The van der Waals surface area contributed by atoms with Gasteiger partial charge in [-0.1, -0.05) is 41.9 Å². The van der Waals surface area contributed by atoms with Crippen LogP contribution >= 0.6 is 11.6 Å². The molecule has 9 nitrogen and oxygen atoms in total. The number of carbonyl (C=O) groups excluding carboxylic acids is 3. The summed E-state index contributed by atoms with van der Waals surface area (Å²) in [5.41, 5.74) is 2.24. The van der Waals surface area contributed by atoms with Gasteiger partial charge in [0.15, 0.2) is 6.61 Å². The summed E-state index contributed by atoms with van der Waals surface area (Å²) in [6.45, 7) is 1.76. The maximum atomic E-state index is 11.9. The Hall–Kier alpha value is -3.85. The summed E-state index contributed by atoms with van der Waals surface area (Å²) in [5, 5.41) is 9.26. The molecule has 0 spiro atoms. The van der Waals surface area contributed by atoms with Crippen LogP contribution in [0.25, 0.3) is 6.08 Å². The normalized spacial score (nSPS) is 10.8. The number of aromatic nitrogens is 2.